The summed E-state index contributed by atoms with van der Waals surface area (Å²) in [4.78, 5) is 3.28. The Bertz CT molecular complexity index is 486. The van der Waals surface area contributed by atoms with Gasteiger partial charge in [-0.05, 0) is 42.8 Å². The van der Waals surface area contributed by atoms with E-state index in [1.165, 1.54) is 0 Å². The van der Waals surface area contributed by atoms with E-state index in [1.54, 1.807) is 20.8 Å². The molecular formula is C11H12BrF3N2OS. The second-order valence-electron chi connectivity index (χ2n) is 4.68. The van der Waals surface area contributed by atoms with Gasteiger partial charge in [-0.1, -0.05) is 4.40 Å². The van der Waals surface area contributed by atoms with E-state index in [1.807, 2.05) is 0 Å². The Morgan fingerprint density at radius 3 is 2.42 bits per heavy atom. The molecule has 1 aromatic rings. The van der Waals surface area contributed by atoms with E-state index < -0.39 is 28.0 Å². The first-order valence-electron chi connectivity index (χ1n) is 5.20. The third kappa shape index (κ3) is 4.77. The lowest BCUT2D eigenvalue weighted by Crippen LogP contribution is -2.25. The Morgan fingerprint density at radius 1 is 1.37 bits per heavy atom. The van der Waals surface area contributed by atoms with Gasteiger partial charge < -0.3 is 4.55 Å². The van der Waals surface area contributed by atoms with E-state index >= 15 is 0 Å². The summed E-state index contributed by atoms with van der Waals surface area (Å²) >= 11 is 1.55. The first-order valence-corrected chi connectivity index (χ1v) is 7.10. The molecule has 0 aliphatic carbocycles. The molecule has 1 aromatic heterocycles. The van der Waals surface area contributed by atoms with Crippen LogP contribution in [0, 0.1) is 0 Å². The van der Waals surface area contributed by atoms with Gasteiger partial charge in [-0.3, -0.25) is 4.98 Å². The molecule has 0 saturated heterocycles. The van der Waals surface area contributed by atoms with Gasteiger partial charge in [0.1, 0.15) is 21.8 Å². The molecule has 106 valence electrons. The first kappa shape index (κ1) is 16.5. The highest BCUT2D eigenvalue weighted by Crippen LogP contribution is 2.29. The molecule has 0 fully saturated rings. The first-order chi connectivity index (χ1) is 8.51. The summed E-state index contributed by atoms with van der Waals surface area (Å²) in [5.74, 6) is 0. The zero-order chi connectivity index (χ0) is 14.8. The van der Waals surface area contributed by atoms with Crippen LogP contribution in [0.4, 0.5) is 13.2 Å². The maximum atomic E-state index is 12.5. The Morgan fingerprint density at radius 2 is 1.95 bits per heavy atom. The number of nitrogens with zero attached hydrogens (tertiary/aromatic N) is 2. The third-order valence-electron chi connectivity index (χ3n) is 1.99. The van der Waals surface area contributed by atoms with Crippen molar-refractivity contribution in [2.24, 2.45) is 4.40 Å². The molecule has 1 rings (SSSR count). The van der Waals surface area contributed by atoms with Gasteiger partial charge in [-0.2, -0.15) is 13.2 Å². The van der Waals surface area contributed by atoms with Crippen molar-refractivity contribution in [3.05, 3.63) is 28.0 Å². The monoisotopic (exact) mass is 356 g/mol. The summed E-state index contributed by atoms with van der Waals surface area (Å²) in [5, 5.41) is 0. The highest BCUT2D eigenvalue weighted by atomic mass is 79.9. The van der Waals surface area contributed by atoms with Gasteiger partial charge in [0.15, 0.2) is 0 Å². The molecule has 0 radical (unpaired) electrons. The molecule has 0 amide bonds. The van der Waals surface area contributed by atoms with E-state index in [4.69, 9.17) is 0 Å². The summed E-state index contributed by atoms with van der Waals surface area (Å²) in [6, 6.07) is 0.855. The fourth-order valence-corrected chi connectivity index (χ4v) is 1.82. The minimum atomic E-state index is -4.52. The van der Waals surface area contributed by atoms with Crippen molar-refractivity contribution in [2.75, 3.05) is 0 Å². The topological polar surface area (TPSA) is 48.3 Å². The summed E-state index contributed by atoms with van der Waals surface area (Å²) in [6.45, 7) is 5.18. The van der Waals surface area contributed by atoms with Crippen molar-refractivity contribution in [1.29, 1.82) is 0 Å². The van der Waals surface area contributed by atoms with Gasteiger partial charge >= 0.3 is 6.18 Å². The van der Waals surface area contributed by atoms with Gasteiger partial charge in [-0.25, -0.2) is 0 Å². The van der Waals surface area contributed by atoms with Crippen LogP contribution in [-0.4, -0.2) is 20.5 Å². The summed E-state index contributed by atoms with van der Waals surface area (Å²) in [5.41, 5.74) is -0.835. The molecule has 0 aromatic carbocycles. The van der Waals surface area contributed by atoms with Crippen LogP contribution in [-0.2, 0) is 17.5 Å². The summed E-state index contributed by atoms with van der Waals surface area (Å²) < 4.78 is 52.8. The zero-order valence-electron chi connectivity index (χ0n) is 10.5. The molecule has 0 bridgehead atoms. The van der Waals surface area contributed by atoms with E-state index in [9.17, 15) is 17.7 Å². The quantitative estimate of drug-likeness (QED) is 0.598. The maximum absolute atomic E-state index is 12.5. The number of alkyl halides is 3. The lowest BCUT2D eigenvalue weighted by atomic mass is 10.2. The van der Waals surface area contributed by atoms with E-state index in [0.29, 0.717) is 4.47 Å². The van der Waals surface area contributed by atoms with Crippen LogP contribution in [0.1, 0.15) is 32.0 Å². The molecular weight excluding hydrogens is 345 g/mol. The van der Waals surface area contributed by atoms with Crippen molar-refractivity contribution in [1.82, 2.24) is 4.98 Å². The molecule has 0 saturated carbocycles. The predicted octanol–water partition coefficient (Wildman–Crippen LogP) is 3.74. The van der Waals surface area contributed by atoms with Crippen molar-refractivity contribution in [3.8, 4) is 0 Å². The average molecular weight is 357 g/mol. The average Bonchev–Trinajstić information content (AvgIpc) is 2.24. The smallest absolute Gasteiger partial charge is 0.433 e. The largest absolute Gasteiger partial charge is 0.591 e. The van der Waals surface area contributed by atoms with Gasteiger partial charge in [0, 0.05) is 16.2 Å². The second-order valence-corrected chi connectivity index (χ2v) is 7.47. The second kappa shape index (κ2) is 5.80. The van der Waals surface area contributed by atoms with Crippen LogP contribution in [0.25, 0.3) is 0 Å². The molecule has 0 unspecified atom stereocenters. The van der Waals surface area contributed by atoms with Gasteiger partial charge in [0.2, 0.25) is 0 Å². The standard InChI is InChI=1S/C11H12BrF3N2OS/c1-10(2,3)19(18)17-5-7-4-9(11(13,14)15)16-6-8(7)12/h4-6H,1-3H3/b17-5+/t19-/m1/s1. The molecule has 1 heterocycles. The van der Waals surface area contributed by atoms with Crippen LogP contribution in [0.5, 0.6) is 0 Å². The number of aromatic nitrogens is 1. The fourth-order valence-electron chi connectivity index (χ4n) is 0.971. The number of pyridine rings is 1. The van der Waals surface area contributed by atoms with E-state index in [-0.39, 0.29) is 5.56 Å². The minimum absolute atomic E-state index is 0.180. The molecule has 0 spiro atoms. The number of halogens is 4. The van der Waals surface area contributed by atoms with Crippen LogP contribution >= 0.6 is 15.9 Å². The Hall–Kier alpha value is -0.600. The summed E-state index contributed by atoms with van der Waals surface area (Å²) in [7, 11) is 0. The van der Waals surface area contributed by atoms with E-state index in [0.717, 1.165) is 18.5 Å². The SMILES string of the molecule is CC(C)(C)[S@@+]([O-])/N=C/c1cc(C(F)(F)F)ncc1Br. The van der Waals surface area contributed by atoms with Crippen molar-refractivity contribution in [3.63, 3.8) is 0 Å². The van der Waals surface area contributed by atoms with Crippen molar-refractivity contribution in [2.45, 2.75) is 31.7 Å². The number of hydrogen-bond donors (Lipinski definition) is 0. The Labute approximate surface area is 120 Å². The van der Waals surface area contributed by atoms with Crippen LogP contribution in [0.3, 0.4) is 0 Å². The van der Waals surface area contributed by atoms with Gasteiger partial charge in [-0.15, -0.1) is 0 Å². The third-order valence-corrected chi connectivity index (χ3v) is 3.99. The molecule has 1 atom stereocenters. The van der Waals surface area contributed by atoms with Crippen LogP contribution in [0.15, 0.2) is 21.1 Å². The lowest BCUT2D eigenvalue weighted by molar-refractivity contribution is -0.141. The molecule has 8 heteroatoms. The molecule has 19 heavy (non-hydrogen) atoms. The van der Waals surface area contributed by atoms with E-state index in [2.05, 4.69) is 25.3 Å². The van der Waals surface area contributed by atoms with Crippen LogP contribution < -0.4 is 0 Å². The fraction of sp³-hybridized carbons (Fsp3) is 0.455. The van der Waals surface area contributed by atoms with Crippen molar-refractivity contribution >= 4 is 33.5 Å². The molecule has 0 aliphatic rings. The molecule has 0 aliphatic heterocycles. The molecule has 0 N–H and O–H groups in total. The van der Waals surface area contributed by atoms with Gasteiger partial charge in [0.05, 0.1) is 6.21 Å². The van der Waals surface area contributed by atoms with Crippen LogP contribution in [0.2, 0.25) is 0 Å². The number of rotatable bonds is 2. The normalized spacial score (nSPS) is 14.9. The highest BCUT2D eigenvalue weighted by Gasteiger charge is 2.33. The molecule has 3 nitrogen and oxygen atoms in total. The summed E-state index contributed by atoms with van der Waals surface area (Å²) in [6.07, 6.45) is -2.32. The predicted molar refractivity (Wildman–Crippen MR) is 72.4 cm³/mol. The minimum Gasteiger partial charge on any atom is -0.591 e. The highest BCUT2D eigenvalue weighted by molar-refractivity contribution is 9.10. The Balaban J connectivity index is 3.05. The number of hydrogen-bond acceptors (Lipinski definition) is 3. The Kier molecular flexibility index (Phi) is 5.02. The van der Waals surface area contributed by atoms with Gasteiger partial charge in [0.25, 0.3) is 0 Å². The lowest BCUT2D eigenvalue weighted by Gasteiger charge is -2.17. The zero-order valence-corrected chi connectivity index (χ0v) is 12.9. The van der Waals surface area contributed by atoms with Crippen molar-refractivity contribution < 1.29 is 17.7 Å². The maximum Gasteiger partial charge on any atom is 0.433 e.